The second-order valence-corrected chi connectivity index (χ2v) is 2.43. The molecule has 0 bridgehead atoms. The van der Waals surface area contributed by atoms with Crippen molar-refractivity contribution in [2.75, 3.05) is 0 Å². The van der Waals surface area contributed by atoms with E-state index in [2.05, 4.69) is 0 Å². The van der Waals surface area contributed by atoms with Crippen LogP contribution in [0.15, 0.2) is 12.1 Å². The highest BCUT2D eigenvalue weighted by Gasteiger charge is 2.14. The van der Waals surface area contributed by atoms with E-state index in [1.165, 1.54) is 0 Å². The van der Waals surface area contributed by atoms with Crippen LogP contribution in [0.2, 0.25) is 0 Å². The number of rotatable bonds is 2. The van der Waals surface area contributed by atoms with Gasteiger partial charge in [0, 0.05) is 11.1 Å². The van der Waals surface area contributed by atoms with Crippen molar-refractivity contribution in [2.24, 2.45) is 0 Å². The van der Waals surface area contributed by atoms with E-state index in [4.69, 9.17) is 5.11 Å². The van der Waals surface area contributed by atoms with Crippen LogP contribution in [0.1, 0.15) is 17.6 Å². The fourth-order valence-corrected chi connectivity index (χ4v) is 0.910. The highest BCUT2D eigenvalue weighted by atomic mass is 19.3. The molecule has 13 heavy (non-hydrogen) atoms. The molecule has 0 aliphatic carbocycles. The molecule has 0 amide bonds. The van der Waals surface area contributed by atoms with Gasteiger partial charge in [0.15, 0.2) is 11.6 Å². The highest BCUT2D eigenvalue weighted by Crippen LogP contribution is 2.23. The fourth-order valence-electron chi connectivity index (χ4n) is 0.910. The third kappa shape index (κ3) is 1.98. The predicted molar refractivity (Wildman–Crippen MR) is 37.2 cm³/mol. The molecule has 1 aromatic rings. The summed E-state index contributed by atoms with van der Waals surface area (Å²) in [5.74, 6) is -2.66. The first kappa shape index (κ1) is 9.98. The summed E-state index contributed by atoms with van der Waals surface area (Å²) in [5.41, 5.74) is -1.10. The first-order valence-electron chi connectivity index (χ1n) is 3.43. The summed E-state index contributed by atoms with van der Waals surface area (Å²) in [5, 5.41) is 8.50. The maximum atomic E-state index is 12.7. The summed E-state index contributed by atoms with van der Waals surface area (Å²) >= 11 is 0. The Balaban J connectivity index is 3.22. The van der Waals surface area contributed by atoms with Crippen molar-refractivity contribution in [3.63, 3.8) is 0 Å². The first-order chi connectivity index (χ1) is 6.06. The van der Waals surface area contributed by atoms with Crippen LogP contribution in [-0.4, -0.2) is 5.11 Å². The summed E-state index contributed by atoms with van der Waals surface area (Å²) in [6, 6.07) is 1.16. The van der Waals surface area contributed by atoms with E-state index in [0.717, 1.165) is 6.07 Å². The summed E-state index contributed by atoms with van der Waals surface area (Å²) in [7, 11) is 0. The molecule has 0 radical (unpaired) electrons. The Morgan fingerprint density at radius 3 is 2.31 bits per heavy atom. The monoisotopic (exact) mass is 194 g/mol. The Hall–Kier alpha value is -1.10. The van der Waals surface area contributed by atoms with E-state index < -0.39 is 35.8 Å². The molecule has 0 aromatic heterocycles. The quantitative estimate of drug-likeness (QED) is 0.716. The van der Waals surface area contributed by atoms with Crippen molar-refractivity contribution in [1.82, 2.24) is 0 Å². The normalized spacial score (nSPS) is 10.9. The van der Waals surface area contributed by atoms with Crippen LogP contribution in [0, 0.1) is 11.6 Å². The number of halogens is 4. The number of aliphatic hydroxyl groups excluding tert-OH is 1. The lowest BCUT2D eigenvalue weighted by molar-refractivity contribution is 0.150. The van der Waals surface area contributed by atoms with Crippen LogP contribution >= 0.6 is 0 Å². The van der Waals surface area contributed by atoms with Crippen molar-refractivity contribution in [3.8, 4) is 0 Å². The van der Waals surface area contributed by atoms with Gasteiger partial charge in [-0.25, -0.2) is 17.6 Å². The van der Waals surface area contributed by atoms with Crippen LogP contribution in [0.3, 0.4) is 0 Å². The molecule has 0 aliphatic heterocycles. The van der Waals surface area contributed by atoms with Gasteiger partial charge in [0.2, 0.25) is 0 Å². The molecule has 0 fully saturated rings. The predicted octanol–water partition coefficient (Wildman–Crippen LogP) is 2.39. The molecule has 0 aliphatic rings. The topological polar surface area (TPSA) is 20.2 Å². The van der Waals surface area contributed by atoms with E-state index in [9.17, 15) is 17.6 Å². The average molecular weight is 194 g/mol. The van der Waals surface area contributed by atoms with Gasteiger partial charge in [-0.1, -0.05) is 0 Å². The van der Waals surface area contributed by atoms with Gasteiger partial charge in [0.05, 0.1) is 6.61 Å². The van der Waals surface area contributed by atoms with Crippen LogP contribution < -0.4 is 0 Å². The highest BCUT2D eigenvalue weighted by molar-refractivity contribution is 5.26. The Labute approximate surface area is 71.6 Å². The summed E-state index contributed by atoms with van der Waals surface area (Å²) in [6.07, 6.45) is -2.87. The largest absolute Gasteiger partial charge is 0.392 e. The van der Waals surface area contributed by atoms with Gasteiger partial charge in [-0.15, -0.1) is 0 Å². The zero-order valence-electron chi connectivity index (χ0n) is 6.40. The number of hydrogen-bond acceptors (Lipinski definition) is 1. The molecule has 0 saturated carbocycles. The number of hydrogen-bond donors (Lipinski definition) is 1. The van der Waals surface area contributed by atoms with Gasteiger partial charge in [-0.05, 0) is 12.1 Å². The average Bonchev–Trinajstić information content (AvgIpc) is 2.09. The molecule has 0 atom stereocenters. The molecule has 0 saturated heterocycles. The molecule has 1 nitrogen and oxygen atoms in total. The van der Waals surface area contributed by atoms with Gasteiger partial charge in [0.25, 0.3) is 6.43 Å². The lowest BCUT2D eigenvalue weighted by Crippen LogP contribution is -1.97. The van der Waals surface area contributed by atoms with Gasteiger partial charge in [0.1, 0.15) is 0 Å². The lowest BCUT2D eigenvalue weighted by Gasteiger charge is -2.04. The Kier molecular flexibility index (Phi) is 2.87. The number of alkyl halides is 2. The van der Waals surface area contributed by atoms with E-state index in [1.807, 2.05) is 0 Å². The standard InChI is InChI=1S/C8H6F4O/c9-6-2-4(8(11)12)1-5(3-13)7(6)10/h1-2,8,13H,3H2. The molecule has 0 spiro atoms. The molecular formula is C8H6F4O. The van der Waals surface area contributed by atoms with Gasteiger partial charge in [-0.3, -0.25) is 0 Å². The minimum Gasteiger partial charge on any atom is -0.392 e. The third-order valence-electron chi connectivity index (χ3n) is 1.55. The van der Waals surface area contributed by atoms with Crippen LogP contribution in [0.5, 0.6) is 0 Å². The van der Waals surface area contributed by atoms with Crippen LogP contribution in [0.4, 0.5) is 17.6 Å². The van der Waals surface area contributed by atoms with Crippen molar-refractivity contribution in [2.45, 2.75) is 13.0 Å². The molecule has 0 heterocycles. The SMILES string of the molecule is OCc1cc(C(F)F)cc(F)c1F. The van der Waals surface area contributed by atoms with Gasteiger partial charge < -0.3 is 5.11 Å². The Morgan fingerprint density at radius 1 is 1.23 bits per heavy atom. The zero-order chi connectivity index (χ0) is 10.0. The fraction of sp³-hybridized carbons (Fsp3) is 0.250. The lowest BCUT2D eigenvalue weighted by atomic mass is 10.1. The minimum absolute atomic E-state index is 0.416. The molecule has 1 N–H and O–H groups in total. The van der Waals surface area contributed by atoms with Crippen LogP contribution in [-0.2, 0) is 6.61 Å². The maximum absolute atomic E-state index is 12.7. The number of benzene rings is 1. The smallest absolute Gasteiger partial charge is 0.263 e. The zero-order valence-corrected chi connectivity index (χ0v) is 6.40. The van der Waals surface area contributed by atoms with Crippen LogP contribution in [0.25, 0.3) is 0 Å². The molecule has 0 unspecified atom stereocenters. The maximum Gasteiger partial charge on any atom is 0.263 e. The van der Waals surface area contributed by atoms with E-state index in [1.54, 1.807) is 0 Å². The summed E-state index contributed by atoms with van der Waals surface area (Å²) in [4.78, 5) is 0. The van der Waals surface area contributed by atoms with E-state index in [-0.39, 0.29) is 0 Å². The third-order valence-corrected chi connectivity index (χ3v) is 1.55. The Bertz CT molecular complexity index is 311. The summed E-state index contributed by atoms with van der Waals surface area (Å²) < 4.78 is 49.3. The molecular weight excluding hydrogens is 188 g/mol. The van der Waals surface area contributed by atoms with Crippen molar-refractivity contribution < 1.29 is 22.7 Å². The summed E-state index contributed by atoms with van der Waals surface area (Å²) in [6.45, 7) is -0.802. The van der Waals surface area contributed by atoms with Crippen molar-refractivity contribution in [3.05, 3.63) is 34.9 Å². The molecule has 1 aromatic carbocycles. The first-order valence-corrected chi connectivity index (χ1v) is 3.43. The number of aliphatic hydroxyl groups is 1. The van der Waals surface area contributed by atoms with Gasteiger partial charge in [-0.2, -0.15) is 0 Å². The minimum atomic E-state index is -2.87. The van der Waals surface area contributed by atoms with Crippen molar-refractivity contribution >= 4 is 0 Å². The van der Waals surface area contributed by atoms with Crippen molar-refractivity contribution in [1.29, 1.82) is 0 Å². The van der Waals surface area contributed by atoms with E-state index in [0.29, 0.717) is 6.07 Å². The second kappa shape index (κ2) is 3.74. The molecule has 5 heteroatoms. The molecule has 72 valence electrons. The second-order valence-electron chi connectivity index (χ2n) is 2.43. The van der Waals surface area contributed by atoms with Gasteiger partial charge >= 0.3 is 0 Å². The van der Waals surface area contributed by atoms with E-state index >= 15 is 0 Å². The Morgan fingerprint density at radius 2 is 1.85 bits per heavy atom. The molecule has 1 rings (SSSR count).